The van der Waals surface area contributed by atoms with Crippen LogP contribution in [0.2, 0.25) is 0 Å². The predicted molar refractivity (Wildman–Crippen MR) is 71.2 cm³/mol. The van der Waals surface area contributed by atoms with E-state index in [1.54, 1.807) is 18.2 Å². The van der Waals surface area contributed by atoms with Gasteiger partial charge in [-0.2, -0.15) is 0 Å². The number of alkyl halides is 1. The highest BCUT2D eigenvalue weighted by Gasteiger charge is 2.13. The molecule has 0 N–H and O–H groups in total. The third kappa shape index (κ3) is 2.53. The van der Waals surface area contributed by atoms with E-state index in [0.717, 1.165) is 16.5 Å². The Kier molecular flexibility index (Phi) is 3.54. The molecule has 0 unspecified atom stereocenters. The molecular formula is C13H10BrNO2. The summed E-state index contributed by atoms with van der Waals surface area (Å²) >= 11 is 3.37. The van der Waals surface area contributed by atoms with Crippen molar-refractivity contribution < 1.29 is 4.92 Å². The Balaban J connectivity index is 2.48. The molecule has 2 aromatic carbocycles. The molecule has 2 rings (SSSR count). The van der Waals surface area contributed by atoms with Crippen LogP contribution in [0.4, 0.5) is 5.69 Å². The molecule has 0 amide bonds. The van der Waals surface area contributed by atoms with Crippen molar-refractivity contribution in [3.8, 4) is 11.1 Å². The molecule has 86 valence electrons. The zero-order valence-electron chi connectivity index (χ0n) is 8.97. The van der Waals surface area contributed by atoms with Crippen LogP contribution in [0.5, 0.6) is 0 Å². The first-order valence-corrected chi connectivity index (χ1v) is 6.23. The summed E-state index contributed by atoms with van der Waals surface area (Å²) in [6, 6.07) is 14.5. The molecule has 0 aliphatic rings. The van der Waals surface area contributed by atoms with Gasteiger partial charge in [0.2, 0.25) is 0 Å². The summed E-state index contributed by atoms with van der Waals surface area (Å²) in [4.78, 5) is 10.6. The van der Waals surface area contributed by atoms with E-state index < -0.39 is 0 Å². The topological polar surface area (TPSA) is 43.1 Å². The molecule has 3 nitrogen and oxygen atoms in total. The third-order valence-electron chi connectivity index (χ3n) is 2.52. The molecule has 0 fully saturated rings. The van der Waals surface area contributed by atoms with Gasteiger partial charge in [0.25, 0.3) is 5.69 Å². The normalized spacial score (nSPS) is 10.2. The Hall–Kier alpha value is -1.68. The van der Waals surface area contributed by atoms with E-state index in [-0.39, 0.29) is 10.6 Å². The lowest BCUT2D eigenvalue weighted by molar-refractivity contribution is -0.384. The van der Waals surface area contributed by atoms with E-state index in [2.05, 4.69) is 15.9 Å². The first kappa shape index (κ1) is 11.8. The number of nitro benzene ring substituents is 1. The van der Waals surface area contributed by atoms with Crippen LogP contribution in [-0.2, 0) is 5.33 Å². The molecule has 0 saturated heterocycles. The van der Waals surface area contributed by atoms with Crippen LogP contribution in [0.15, 0.2) is 48.5 Å². The van der Waals surface area contributed by atoms with Gasteiger partial charge in [0.05, 0.1) is 10.5 Å². The SMILES string of the molecule is O=[N+]([O-])c1ccccc1-c1ccc(CBr)cc1. The molecule has 0 atom stereocenters. The van der Waals surface area contributed by atoms with Crippen molar-refractivity contribution in [1.29, 1.82) is 0 Å². The lowest BCUT2D eigenvalue weighted by atomic mass is 10.0. The molecule has 0 aromatic heterocycles. The molecule has 0 radical (unpaired) electrons. The zero-order valence-corrected chi connectivity index (χ0v) is 10.6. The maximum Gasteiger partial charge on any atom is 0.277 e. The minimum Gasteiger partial charge on any atom is -0.258 e. The number of para-hydroxylation sites is 1. The second-order valence-electron chi connectivity index (χ2n) is 3.60. The van der Waals surface area contributed by atoms with Crippen LogP contribution in [0.25, 0.3) is 11.1 Å². The number of nitrogens with zero attached hydrogens (tertiary/aromatic N) is 1. The van der Waals surface area contributed by atoms with Gasteiger partial charge in [-0.15, -0.1) is 0 Å². The first-order valence-electron chi connectivity index (χ1n) is 5.11. The fourth-order valence-electron chi connectivity index (χ4n) is 1.65. The third-order valence-corrected chi connectivity index (χ3v) is 3.17. The quantitative estimate of drug-likeness (QED) is 0.484. The number of hydrogen-bond donors (Lipinski definition) is 0. The molecule has 0 aliphatic heterocycles. The van der Waals surface area contributed by atoms with Gasteiger partial charge in [0.15, 0.2) is 0 Å². The van der Waals surface area contributed by atoms with Crippen molar-refractivity contribution in [2.75, 3.05) is 0 Å². The standard InChI is InChI=1S/C13H10BrNO2/c14-9-10-5-7-11(8-6-10)12-3-1-2-4-13(12)15(16)17/h1-8H,9H2. The summed E-state index contributed by atoms with van der Waals surface area (Å²) < 4.78 is 0. The number of hydrogen-bond acceptors (Lipinski definition) is 2. The molecule has 0 spiro atoms. The maximum atomic E-state index is 10.9. The van der Waals surface area contributed by atoms with Gasteiger partial charge >= 0.3 is 0 Å². The first-order chi connectivity index (χ1) is 8.22. The van der Waals surface area contributed by atoms with Gasteiger partial charge in [0, 0.05) is 11.4 Å². The van der Waals surface area contributed by atoms with Crippen molar-refractivity contribution in [3.63, 3.8) is 0 Å². The fourth-order valence-corrected chi connectivity index (χ4v) is 2.02. The summed E-state index contributed by atoms with van der Waals surface area (Å²) in [5.41, 5.74) is 2.80. The van der Waals surface area contributed by atoms with E-state index in [0.29, 0.717) is 5.56 Å². The Bertz CT molecular complexity index is 537. The van der Waals surface area contributed by atoms with Gasteiger partial charge in [-0.05, 0) is 17.2 Å². The van der Waals surface area contributed by atoms with Crippen molar-refractivity contribution >= 4 is 21.6 Å². The Morgan fingerprint density at radius 1 is 1.06 bits per heavy atom. The van der Waals surface area contributed by atoms with Crippen LogP contribution >= 0.6 is 15.9 Å². The van der Waals surface area contributed by atoms with Crippen molar-refractivity contribution in [2.24, 2.45) is 0 Å². The number of benzene rings is 2. The van der Waals surface area contributed by atoms with E-state index in [4.69, 9.17) is 0 Å². The minimum atomic E-state index is -0.353. The smallest absolute Gasteiger partial charge is 0.258 e. The van der Waals surface area contributed by atoms with Crippen molar-refractivity contribution in [1.82, 2.24) is 0 Å². The van der Waals surface area contributed by atoms with Crippen molar-refractivity contribution in [3.05, 3.63) is 64.2 Å². The molecule has 0 bridgehead atoms. The predicted octanol–water partition coefficient (Wildman–Crippen LogP) is 4.16. The summed E-state index contributed by atoms with van der Waals surface area (Å²) in [5.74, 6) is 0. The summed E-state index contributed by atoms with van der Waals surface area (Å²) in [6.45, 7) is 0. The number of halogens is 1. The van der Waals surface area contributed by atoms with Gasteiger partial charge in [-0.1, -0.05) is 52.3 Å². The largest absolute Gasteiger partial charge is 0.277 e. The second kappa shape index (κ2) is 5.10. The highest BCUT2D eigenvalue weighted by atomic mass is 79.9. The Morgan fingerprint density at radius 3 is 2.29 bits per heavy atom. The van der Waals surface area contributed by atoms with Crippen LogP contribution < -0.4 is 0 Å². The van der Waals surface area contributed by atoms with E-state index >= 15 is 0 Å². The van der Waals surface area contributed by atoms with E-state index in [1.165, 1.54) is 6.07 Å². The van der Waals surface area contributed by atoms with Gasteiger partial charge in [-0.3, -0.25) is 10.1 Å². The van der Waals surface area contributed by atoms with Gasteiger partial charge < -0.3 is 0 Å². The van der Waals surface area contributed by atoms with Gasteiger partial charge in [-0.25, -0.2) is 0 Å². The molecule has 0 heterocycles. The number of nitro groups is 1. The Labute approximate surface area is 107 Å². The summed E-state index contributed by atoms with van der Waals surface area (Å²) in [5, 5.41) is 11.7. The minimum absolute atomic E-state index is 0.138. The van der Waals surface area contributed by atoms with Crippen LogP contribution in [0, 0.1) is 10.1 Å². The zero-order chi connectivity index (χ0) is 12.3. The van der Waals surface area contributed by atoms with Crippen LogP contribution in [-0.4, -0.2) is 4.92 Å². The summed E-state index contributed by atoms with van der Waals surface area (Å²) in [6.07, 6.45) is 0. The van der Waals surface area contributed by atoms with Gasteiger partial charge in [0.1, 0.15) is 0 Å². The highest BCUT2D eigenvalue weighted by Crippen LogP contribution is 2.29. The molecule has 0 aliphatic carbocycles. The molecular weight excluding hydrogens is 282 g/mol. The highest BCUT2D eigenvalue weighted by molar-refractivity contribution is 9.08. The van der Waals surface area contributed by atoms with Crippen molar-refractivity contribution in [2.45, 2.75) is 5.33 Å². The fraction of sp³-hybridized carbons (Fsp3) is 0.0769. The molecule has 2 aromatic rings. The molecule has 0 saturated carbocycles. The Morgan fingerprint density at radius 2 is 1.71 bits per heavy atom. The monoisotopic (exact) mass is 291 g/mol. The summed E-state index contributed by atoms with van der Waals surface area (Å²) in [7, 11) is 0. The lowest BCUT2D eigenvalue weighted by Crippen LogP contribution is -1.91. The molecule has 4 heteroatoms. The average molecular weight is 292 g/mol. The van der Waals surface area contributed by atoms with Crippen LogP contribution in [0.3, 0.4) is 0 Å². The lowest BCUT2D eigenvalue weighted by Gasteiger charge is -2.03. The number of rotatable bonds is 3. The van der Waals surface area contributed by atoms with E-state index in [1.807, 2.05) is 24.3 Å². The molecule has 17 heavy (non-hydrogen) atoms. The second-order valence-corrected chi connectivity index (χ2v) is 4.17. The average Bonchev–Trinajstić information content (AvgIpc) is 2.39. The van der Waals surface area contributed by atoms with E-state index in [9.17, 15) is 10.1 Å². The maximum absolute atomic E-state index is 10.9. The van der Waals surface area contributed by atoms with Crippen LogP contribution in [0.1, 0.15) is 5.56 Å².